The maximum Gasteiger partial charge on any atom is 0.264 e. The normalized spacial score (nSPS) is 25.7. The molecule has 4 rings (SSSR count). The molecule has 30 heavy (non-hydrogen) atoms. The first-order valence-corrected chi connectivity index (χ1v) is 10.5. The molecule has 1 saturated heterocycles. The summed E-state index contributed by atoms with van der Waals surface area (Å²) in [5.74, 6) is -0.548. The van der Waals surface area contributed by atoms with Gasteiger partial charge in [-0.1, -0.05) is 0 Å². The molecule has 3 atom stereocenters. The van der Waals surface area contributed by atoms with Gasteiger partial charge in [-0.3, -0.25) is 10.0 Å². The molecule has 1 aliphatic carbocycles. The number of halogens is 1. The van der Waals surface area contributed by atoms with Gasteiger partial charge in [-0.05, 0) is 48.5 Å². The van der Waals surface area contributed by atoms with E-state index in [1.54, 1.807) is 0 Å². The van der Waals surface area contributed by atoms with E-state index in [4.69, 9.17) is 19.4 Å². The molecule has 3 N–H and O–H groups in total. The van der Waals surface area contributed by atoms with Crippen LogP contribution in [0.1, 0.15) is 12.8 Å². The van der Waals surface area contributed by atoms with E-state index in [0.29, 0.717) is 11.5 Å². The summed E-state index contributed by atoms with van der Waals surface area (Å²) in [7, 11) is -4.12. The number of hydrogen-bond donors (Lipinski definition) is 3. The number of ether oxygens (including phenoxy) is 3. The molecule has 1 saturated carbocycles. The Balaban J connectivity index is 1.52. The summed E-state index contributed by atoms with van der Waals surface area (Å²) in [6.45, 7) is 0.0778. The van der Waals surface area contributed by atoms with E-state index in [0.717, 1.165) is 0 Å². The predicted octanol–water partition coefficient (Wildman–Crippen LogP) is 1.68. The summed E-state index contributed by atoms with van der Waals surface area (Å²) in [6.07, 6.45) is -0.850. The van der Waals surface area contributed by atoms with Gasteiger partial charge in [0.15, 0.2) is 0 Å². The Hall–Kier alpha value is -2.57. The van der Waals surface area contributed by atoms with Crippen LogP contribution in [0.15, 0.2) is 53.4 Å². The van der Waals surface area contributed by atoms with Crippen LogP contribution in [0.5, 0.6) is 11.5 Å². The van der Waals surface area contributed by atoms with Crippen molar-refractivity contribution < 1.29 is 37.0 Å². The summed E-state index contributed by atoms with van der Waals surface area (Å²) in [6, 6.07) is 10.9. The van der Waals surface area contributed by atoms with Crippen LogP contribution in [0.25, 0.3) is 0 Å². The van der Waals surface area contributed by atoms with E-state index in [-0.39, 0.29) is 24.5 Å². The first-order valence-electron chi connectivity index (χ1n) is 9.06. The first-order chi connectivity index (χ1) is 14.3. The second-order valence-corrected chi connectivity index (χ2v) is 8.77. The highest BCUT2D eigenvalue weighted by Crippen LogP contribution is 2.38. The Bertz CT molecular complexity index is 1020. The number of amides is 1. The second kappa shape index (κ2) is 7.93. The molecular formula is C19H19FN2O7S. The van der Waals surface area contributed by atoms with Crippen molar-refractivity contribution in [1.29, 1.82) is 0 Å². The van der Waals surface area contributed by atoms with E-state index in [9.17, 15) is 17.6 Å². The molecule has 2 fully saturated rings. The van der Waals surface area contributed by atoms with Crippen LogP contribution in [0, 0.1) is 5.82 Å². The fraction of sp³-hybridized carbons (Fsp3) is 0.316. The van der Waals surface area contributed by atoms with Gasteiger partial charge in [0.25, 0.3) is 5.91 Å². The average molecular weight is 438 g/mol. The van der Waals surface area contributed by atoms with Crippen LogP contribution in [0.4, 0.5) is 4.39 Å². The fourth-order valence-corrected chi connectivity index (χ4v) is 5.03. The number of hydroxylamine groups is 1. The van der Waals surface area contributed by atoms with Crippen molar-refractivity contribution in [3.05, 3.63) is 54.3 Å². The first kappa shape index (κ1) is 20.7. The van der Waals surface area contributed by atoms with Crippen LogP contribution < -0.4 is 14.9 Å². The summed E-state index contributed by atoms with van der Waals surface area (Å²) >= 11 is 0. The molecule has 0 bridgehead atoms. The number of rotatable bonds is 6. The molecule has 160 valence electrons. The summed E-state index contributed by atoms with van der Waals surface area (Å²) in [4.78, 5) is 12.2. The molecule has 1 aliphatic heterocycles. The topological polar surface area (TPSA) is 123 Å². The van der Waals surface area contributed by atoms with Gasteiger partial charge >= 0.3 is 0 Å². The van der Waals surface area contributed by atoms with Crippen LogP contribution in [-0.4, -0.2) is 44.1 Å². The van der Waals surface area contributed by atoms with Crippen molar-refractivity contribution in [2.24, 2.45) is 0 Å². The molecule has 1 amide bonds. The molecule has 0 radical (unpaired) electrons. The van der Waals surface area contributed by atoms with Crippen molar-refractivity contribution in [3.8, 4) is 11.5 Å². The number of sulfonamides is 1. The molecule has 11 heteroatoms. The second-order valence-electron chi connectivity index (χ2n) is 7.09. The van der Waals surface area contributed by atoms with Gasteiger partial charge < -0.3 is 14.2 Å². The van der Waals surface area contributed by atoms with Gasteiger partial charge in [-0.15, -0.1) is 0 Å². The molecule has 2 aliphatic rings. The predicted molar refractivity (Wildman–Crippen MR) is 99.7 cm³/mol. The molecule has 9 nitrogen and oxygen atoms in total. The van der Waals surface area contributed by atoms with E-state index >= 15 is 0 Å². The van der Waals surface area contributed by atoms with Gasteiger partial charge in [-0.2, -0.15) is 4.72 Å². The van der Waals surface area contributed by atoms with E-state index in [1.807, 2.05) is 0 Å². The van der Waals surface area contributed by atoms with Gasteiger partial charge in [0.1, 0.15) is 29.6 Å². The van der Waals surface area contributed by atoms with Crippen molar-refractivity contribution in [3.63, 3.8) is 0 Å². The van der Waals surface area contributed by atoms with Crippen molar-refractivity contribution in [2.75, 3.05) is 6.79 Å². The van der Waals surface area contributed by atoms with Crippen LogP contribution >= 0.6 is 0 Å². The smallest absolute Gasteiger partial charge is 0.264 e. The van der Waals surface area contributed by atoms with Gasteiger partial charge in [-0.25, -0.2) is 18.3 Å². The molecule has 0 spiro atoms. The zero-order valence-corrected chi connectivity index (χ0v) is 16.4. The monoisotopic (exact) mass is 438 g/mol. The van der Waals surface area contributed by atoms with Crippen LogP contribution in [0.2, 0.25) is 0 Å². The van der Waals surface area contributed by atoms with Crippen LogP contribution in [0.3, 0.4) is 0 Å². The largest absolute Gasteiger partial charge is 0.457 e. The minimum atomic E-state index is -4.12. The summed E-state index contributed by atoms with van der Waals surface area (Å²) in [5.41, 5.74) is -0.0768. The lowest BCUT2D eigenvalue weighted by molar-refractivity contribution is -0.136. The SMILES string of the molecule is O=C(NO)C1(NS(=O)(=O)c2ccc(Oc3ccc(F)cc3)cc2)C[C@@H]2OCO[C@@H]2C1. The van der Waals surface area contributed by atoms with Crippen molar-refractivity contribution in [1.82, 2.24) is 10.2 Å². The minimum absolute atomic E-state index is 0.0229. The molecule has 1 heterocycles. The third-order valence-corrected chi connectivity index (χ3v) is 6.68. The number of nitrogens with one attached hydrogen (secondary N) is 2. The molecule has 1 unspecified atom stereocenters. The molecule has 0 aromatic heterocycles. The highest BCUT2D eigenvalue weighted by molar-refractivity contribution is 7.89. The number of carbonyl (C=O) groups excluding carboxylic acids is 1. The number of benzene rings is 2. The molecular weight excluding hydrogens is 419 g/mol. The Kier molecular flexibility index (Phi) is 5.47. The van der Waals surface area contributed by atoms with Gasteiger partial charge in [0.2, 0.25) is 10.0 Å². The van der Waals surface area contributed by atoms with E-state index in [2.05, 4.69) is 4.72 Å². The maximum atomic E-state index is 13.0. The lowest BCUT2D eigenvalue weighted by atomic mass is 9.98. The van der Waals surface area contributed by atoms with Gasteiger partial charge in [0.05, 0.1) is 17.1 Å². The highest BCUT2D eigenvalue weighted by atomic mass is 32.2. The Morgan fingerprint density at radius 3 is 2.10 bits per heavy atom. The Morgan fingerprint density at radius 1 is 1.03 bits per heavy atom. The lowest BCUT2D eigenvalue weighted by Crippen LogP contribution is -2.57. The summed E-state index contributed by atoms with van der Waals surface area (Å²) in [5, 5.41) is 9.13. The van der Waals surface area contributed by atoms with Crippen molar-refractivity contribution >= 4 is 15.9 Å². The maximum absolute atomic E-state index is 13.0. The highest BCUT2D eigenvalue weighted by Gasteiger charge is 2.55. The zero-order chi connectivity index (χ0) is 21.4. The van der Waals surface area contributed by atoms with Crippen molar-refractivity contribution in [2.45, 2.75) is 35.5 Å². The number of carbonyl (C=O) groups is 1. The summed E-state index contributed by atoms with van der Waals surface area (Å²) < 4.78 is 57.5. The third kappa shape index (κ3) is 4.02. The standard InChI is InChI=1S/C19H19FN2O7S/c20-12-1-3-13(4-2-12)29-14-5-7-15(8-6-14)30(25,26)22-19(18(23)21-24)9-16-17(10-19)28-11-27-16/h1-8,16-17,22,24H,9-11H2,(H,21,23)/t16-,17+,19?. The zero-order valence-electron chi connectivity index (χ0n) is 15.6. The van der Waals surface area contributed by atoms with E-state index in [1.165, 1.54) is 54.0 Å². The molecule has 2 aromatic carbocycles. The number of hydrogen-bond acceptors (Lipinski definition) is 7. The number of fused-ring (bicyclic) bond motifs is 1. The fourth-order valence-electron chi connectivity index (χ4n) is 3.64. The van der Waals surface area contributed by atoms with Gasteiger partial charge in [0, 0.05) is 12.8 Å². The minimum Gasteiger partial charge on any atom is -0.457 e. The average Bonchev–Trinajstić information content (AvgIpc) is 3.29. The lowest BCUT2D eigenvalue weighted by Gasteiger charge is -2.28. The van der Waals surface area contributed by atoms with E-state index < -0.39 is 39.5 Å². The molecule has 2 aromatic rings. The quantitative estimate of drug-likeness (QED) is 0.463. The Labute approximate surface area is 171 Å². The van der Waals surface area contributed by atoms with Crippen LogP contribution in [-0.2, 0) is 24.3 Å². The third-order valence-electron chi connectivity index (χ3n) is 5.13. The Morgan fingerprint density at radius 2 is 1.57 bits per heavy atom.